The molecular weight excluding hydrogens is 1960 g/mol. The third-order valence-electron chi connectivity index (χ3n) is 28.0. The Bertz CT molecular complexity index is 10100. The Hall–Kier alpha value is -18.8. The molecule has 3 N–H and O–H groups in total. The number of halogens is 2. The van der Waals surface area contributed by atoms with Crippen LogP contribution >= 0.6 is 27.5 Å². The molecule has 17 heteroatoms. The van der Waals surface area contributed by atoms with Crippen LogP contribution in [0.2, 0.25) is 5.02 Å². The highest BCUT2D eigenvalue weighted by atomic mass is 79.9. The van der Waals surface area contributed by atoms with E-state index in [1.54, 1.807) is 24.3 Å². The Morgan fingerprint density at radius 1 is 0.253 bits per heavy atom. The highest BCUT2D eigenvalue weighted by Gasteiger charge is 2.28. The van der Waals surface area contributed by atoms with Crippen molar-refractivity contribution >= 4 is 203 Å². The largest absolute Gasteiger partial charge is 0.507 e. The molecule has 28 rings (SSSR count). The van der Waals surface area contributed by atoms with Crippen molar-refractivity contribution in [2.45, 2.75) is 11.8 Å². The van der Waals surface area contributed by atoms with E-state index in [2.05, 4.69) is 268 Å². The minimum atomic E-state index is -4.18. The van der Waals surface area contributed by atoms with Gasteiger partial charge in [-0.15, -0.1) is 0 Å². The van der Waals surface area contributed by atoms with Gasteiger partial charge >= 0.3 is 10.1 Å². The molecule has 0 aliphatic heterocycles. The quantitative estimate of drug-likeness (QED) is 0.0796. The smallest absolute Gasteiger partial charge is 0.339 e. The summed E-state index contributed by atoms with van der Waals surface area (Å²) in [7, 11) is -4.18. The Morgan fingerprint density at radius 2 is 0.540 bits per heavy atom. The zero-order valence-electron chi connectivity index (χ0n) is 80.7. The van der Waals surface area contributed by atoms with Gasteiger partial charge in [-0.05, 0) is 258 Å². The molecule has 0 aliphatic carbocycles. The SMILES string of the molecule is Cc1ccc(S(=O)(=O)Oc2cc3c(cc2-c2ccc(N(c4ccccc4)c4ccc5oc6ccccc6c5c4)cc2)c2ccccc2n3-c2ccccc2)cc1.Oc1cc2c(cc1-c1ccc(Cl)cc1)c1ccccc1n2-c1ccccc1.Oc1cc2c(cc1-c1ccc(N(c3ccccc3)c3ccc4oc5ccccc5c4c3)cc1)c1ccccc1n2-c1ccccc1.Oc1cc2c(cc1Br)c1ccccc1n2-c1ccccc1. The summed E-state index contributed by atoms with van der Waals surface area (Å²) in [6.07, 6.45) is 0. The third kappa shape index (κ3) is 17.1. The number of hydrogen-bond acceptors (Lipinski definition) is 10. The lowest BCUT2D eigenvalue weighted by atomic mass is 10.0. The maximum absolute atomic E-state index is 13.9. The van der Waals surface area contributed by atoms with Gasteiger partial charge < -0.3 is 56.4 Å². The van der Waals surface area contributed by atoms with Gasteiger partial charge in [0, 0.05) is 167 Å². The molecular formula is C133H90BrClN6O8S. The van der Waals surface area contributed by atoms with Crippen LogP contribution in [0.5, 0.6) is 23.0 Å². The molecule has 6 heterocycles. The number of rotatable bonds is 16. The predicted octanol–water partition coefficient (Wildman–Crippen LogP) is 36.5. The number of phenols is 3. The first-order valence-corrected chi connectivity index (χ1v) is 51.9. The predicted molar refractivity (Wildman–Crippen MR) is 620 cm³/mol. The molecule has 0 saturated heterocycles. The zero-order valence-corrected chi connectivity index (χ0v) is 83.9. The van der Waals surface area contributed by atoms with Gasteiger partial charge in [-0.1, -0.05) is 284 Å². The van der Waals surface area contributed by atoms with Crippen LogP contribution in [0.25, 0.3) is 187 Å². The highest BCUT2D eigenvalue weighted by molar-refractivity contribution is 9.10. The number of aromatic nitrogens is 4. The molecule has 0 atom stereocenters. The molecule has 22 aromatic carbocycles. The molecule has 28 aromatic rings. The molecule has 0 amide bonds. The zero-order chi connectivity index (χ0) is 101. The van der Waals surface area contributed by atoms with Crippen molar-refractivity contribution in [3.8, 4) is 79.1 Å². The normalized spacial score (nSPS) is 11.6. The Morgan fingerprint density at radius 3 is 0.920 bits per heavy atom. The van der Waals surface area contributed by atoms with Crippen molar-refractivity contribution in [2.75, 3.05) is 9.80 Å². The number of para-hydroxylation sites is 12. The second kappa shape index (κ2) is 38.9. The first-order valence-electron chi connectivity index (χ1n) is 49.4. The fraction of sp³-hybridized carbons (Fsp3) is 0.00752. The van der Waals surface area contributed by atoms with E-state index < -0.39 is 10.1 Å². The van der Waals surface area contributed by atoms with E-state index in [0.29, 0.717) is 15.1 Å². The topological polar surface area (TPSA) is 157 Å². The van der Waals surface area contributed by atoms with Gasteiger partial charge in [0.2, 0.25) is 0 Å². The summed E-state index contributed by atoms with van der Waals surface area (Å²) in [5.74, 6) is 0.993. The molecule has 0 fully saturated rings. The molecule has 6 aromatic heterocycles. The number of anilines is 6. The van der Waals surface area contributed by atoms with E-state index in [4.69, 9.17) is 24.6 Å². The number of hydrogen-bond donors (Lipinski definition) is 3. The third-order valence-corrected chi connectivity index (χ3v) is 30.1. The summed E-state index contributed by atoms with van der Waals surface area (Å²) in [6.45, 7) is 1.92. The fourth-order valence-electron chi connectivity index (χ4n) is 21.0. The lowest BCUT2D eigenvalue weighted by Crippen LogP contribution is -2.11. The minimum absolute atomic E-state index is 0.0916. The van der Waals surface area contributed by atoms with Gasteiger partial charge in [0.1, 0.15) is 44.5 Å². The van der Waals surface area contributed by atoms with Gasteiger partial charge in [0.25, 0.3) is 0 Å². The van der Waals surface area contributed by atoms with Gasteiger partial charge in [0.15, 0.2) is 5.75 Å². The van der Waals surface area contributed by atoms with Crippen LogP contribution in [-0.2, 0) is 10.1 Å². The molecule has 720 valence electrons. The van der Waals surface area contributed by atoms with E-state index in [-0.39, 0.29) is 27.9 Å². The maximum atomic E-state index is 13.9. The standard InChI is InChI=1S/C49H34N2O4S.C42H28N2O2.C24H16ClNO.C18H12BrNO/c1-33-20-27-39(28-21-33)56(52,53)55-49-32-46-43(40-16-8-10-18-45(40)51(46)36-14-6-3-7-15-36)31-42(49)34-22-24-37(25-23-34)50(35-12-4-2-5-13-35)38-26-29-48-44(30-38)41-17-9-11-19-47(41)54-48;45-40-27-39-36(33-15-7-9-17-38(33)44(39)30-13-5-2-6-14-30)26-35(40)28-19-21-31(22-20-28)43(29-11-3-1-4-12-29)32-23-24-42-37(25-32)34-16-8-10-18-41(34)46-42;25-17-12-10-16(11-13-17)20-14-21-19-8-4-5-9-22(19)26(23(21)15-24(20)27)18-6-2-1-3-7-18;19-15-10-14-13-8-4-5-9-16(13)20(17(14)11-18(15)21)12-6-2-1-3-7-12/h2-32H,1H3;1-27,45H;1-15,27H;1-11,21H. The molecule has 14 nitrogen and oxygen atoms in total. The van der Waals surface area contributed by atoms with Crippen molar-refractivity contribution in [1.29, 1.82) is 0 Å². The Balaban J connectivity index is 0.000000110. The van der Waals surface area contributed by atoms with Crippen LogP contribution in [0.3, 0.4) is 0 Å². The van der Waals surface area contributed by atoms with Gasteiger partial charge in [-0.25, -0.2) is 0 Å². The summed E-state index contributed by atoms with van der Waals surface area (Å²) < 4.78 is 55.7. The Kier molecular flexibility index (Phi) is 24.0. The van der Waals surface area contributed by atoms with Crippen molar-refractivity contribution in [3.05, 3.63) is 525 Å². The lowest BCUT2D eigenvalue weighted by molar-refractivity contribution is 0.472. The molecule has 0 bridgehead atoms. The minimum Gasteiger partial charge on any atom is -0.507 e. The molecule has 0 unspecified atom stereocenters. The van der Waals surface area contributed by atoms with Crippen molar-refractivity contribution in [1.82, 2.24) is 18.3 Å². The van der Waals surface area contributed by atoms with E-state index >= 15 is 0 Å². The van der Waals surface area contributed by atoms with E-state index in [9.17, 15) is 23.7 Å². The first kappa shape index (κ1) is 92.3. The van der Waals surface area contributed by atoms with Crippen LogP contribution in [0.15, 0.2) is 528 Å². The van der Waals surface area contributed by atoms with Crippen molar-refractivity contribution in [2.24, 2.45) is 0 Å². The summed E-state index contributed by atoms with van der Waals surface area (Å²) in [5.41, 5.74) is 27.7. The number of fused-ring (bicyclic) bond motifs is 18. The number of aryl methyl sites for hydroxylation is 1. The summed E-state index contributed by atoms with van der Waals surface area (Å²) in [6, 6.07) is 170. The van der Waals surface area contributed by atoms with Gasteiger partial charge in [0.05, 0.1) is 48.6 Å². The highest BCUT2D eigenvalue weighted by Crippen LogP contribution is 2.49. The van der Waals surface area contributed by atoms with Gasteiger partial charge in [-0.2, -0.15) is 8.42 Å². The van der Waals surface area contributed by atoms with Crippen molar-refractivity contribution in [3.63, 3.8) is 0 Å². The van der Waals surface area contributed by atoms with Crippen LogP contribution in [0, 0.1) is 6.92 Å². The van der Waals surface area contributed by atoms with E-state index in [1.165, 1.54) is 5.39 Å². The van der Waals surface area contributed by atoms with E-state index in [0.717, 1.165) is 216 Å². The molecule has 0 saturated carbocycles. The summed E-state index contributed by atoms with van der Waals surface area (Å²) in [4.78, 5) is 4.55. The first-order chi connectivity index (χ1) is 73.6. The second-order valence-corrected chi connectivity index (χ2v) is 39.9. The lowest BCUT2D eigenvalue weighted by Gasteiger charge is -2.26. The number of furan rings is 2. The van der Waals surface area contributed by atoms with Crippen LogP contribution in [0.4, 0.5) is 34.1 Å². The number of benzene rings is 22. The molecule has 0 aliphatic rings. The molecule has 150 heavy (non-hydrogen) atoms. The number of nitrogens with zero attached hydrogens (tertiary/aromatic N) is 6. The number of aromatic hydroxyl groups is 3. The fourth-order valence-corrected chi connectivity index (χ4v) is 22.4. The number of phenolic OH excluding ortho intramolecular Hbond substituents is 3. The summed E-state index contributed by atoms with van der Waals surface area (Å²) >= 11 is 9.43. The molecule has 0 spiro atoms. The van der Waals surface area contributed by atoms with Crippen molar-refractivity contribution < 1.29 is 36.8 Å². The van der Waals surface area contributed by atoms with Gasteiger partial charge in [-0.3, -0.25) is 0 Å². The monoisotopic (exact) mass is 2040 g/mol. The summed E-state index contributed by atoms with van der Waals surface area (Å²) in [5, 5.41) is 46.1. The van der Waals surface area contributed by atoms with Crippen LogP contribution < -0.4 is 14.0 Å². The van der Waals surface area contributed by atoms with E-state index in [1.807, 2.05) is 268 Å². The van der Waals surface area contributed by atoms with Crippen LogP contribution in [-0.4, -0.2) is 42.0 Å². The maximum Gasteiger partial charge on any atom is 0.339 e. The Labute approximate surface area is 876 Å². The average molecular weight is 2050 g/mol. The van der Waals surface area contributed by atoms with Crippen LogP contribution in [0.1, 0.15) is 5.56 Å². The molecule has 0 radical (unpaired) electrons. The average Bonchev–Trinajstić information content (AvgIpc) is 1.06. The second-order valence-electron chi connectivity index (χ2n) is 37.1.